The van der Waals surface area contributed by atoms with E-state index in [1.54, 1.807) is 9.13 Å². The van der Waals surface area contributed by atoms with Crippen LogP contribution in [0.2, 0.25) is 0 Å². The van der Waals surface area contributed by atoms with Gasteiger partial charge < -0.3 is 9.13 Å². The van der Waals surface area contributed by atoms with Crippen LogP contribution < -0.4 is 11.4 Å². The smallest absolute Gasteiger partial charge is 0.309 e. The van der Waals surface area contributed by atoms with E-state index in [9.17, 15) is 9.59 Å². The number of fused-ring (bicyclic) bond motifs is 8. The lowest BCUT2D eigenvalue weighted by molar-refractivity contribution is 0.931. The maximum atomic E-state index is 14.9. The molecule has 88 heavy (non-hydrogen) atoms. The molecule has 0 amide bonds. The SMILES string of the molecule is O=c1n(-c2ccc(-c3ccc(-n4c5ccccc5c5ccccc54)cc3)cc2)c2ccccc2n1-c1cccc(-c2cccc(-c3cccc(-n4c(=O)n(-c5ccc(-c6ccc(-n7c8ccccc8c8ccccc87)cc6)cc5)c5ccccc54)c3)c2)c1. The Morgan fingerprint density at radius 2 is 0.386 bits per heavy atom. The highest BCUT2D eigenvalue weighted by Gasteiger charge is 2.20. The van der Waals surface area contributed by atoms with E-state index in [-0.39, 0.29) is 11.4 Å². The van der Waals surface area contributed by atoms with E-state index in [0.29, 0.717) is 0 Å². The van der Waals surface area contributed by atoms with Gasteiger partial charge in [-0.15, -0.1) is 0 Å². The molecule has 0 N–H and O–H groups in total. The second-order valence-electron chi connectivity index (χ2n) is 22.5. The highest BCUT2D eigenvalue weighted by Crippen LogP contribution is 2.37. The average Bonchev–Trinajstić information content (AvgIpc) is 2.26. The van der Waals surface area contributed by atoms with Crippen LogP contribution in [0.4, 0.5) is 0 Å². The molecule has 0 radical (unpaired) electrons. The lowest BCUT2D eigenvalue weighted by atomic mass is 9.98. The van der Waals surface area contributed by atoms with Crippen LogP contribution in [-0.2, 0) is 0 Å². The molecule has 0 bridgehead atoms. The molecule has 17 rings (SSSR count). The third kappa shape index (κ3) is 8.15. The molecule has 4 heterocycles. The largest absolute Gasteiger partial charge is 0.338 e. The Labute approximate surface area is 505 Å². The Kier molecular flexibility index (Phi) is 11.7. The highest BCUT2D eigenvalue weighted by molar-refractivity contribution is 6.10. The van der Waals surface area contributed by atoms with E-state index in [1.807, 2.05) is 106 Å². The molecule has 0 aliphatic carbocycles. The van der Waals surface area contributed by atoms with Crippen molar-refractivity contribution in [3.8, 4) is 78.6 Å². The standard InChI is InChI=1S/C80H52N6O2/c87-79-83(63-46-38-55(39-47-63)53-34-42-61(43-35-53)81-71-26-5-1-22-67(71)68-23-2-6-27-72(68)81)75-30-9-11-32-77(75)85(79)65-20-14-18-59(51-65)57-16-13-17-58(50-57)60-19-15-21-66(52-60)86-78-33-12-10-31-76(78)84(80(86)88)64-48-40-56(41-49-64)54-36-44-62(45-37-54)82-73-28-7-3-24-69(73)70-25-4-8-29-74(70)82/h1-52H. The molecular formula is C80H52N6O2. The second kappa shape index (κ2) is 20.4. The minimum atomic E-state index is -0.154. The van der Waals surface area contributed by atoms with Gasteiger partial charge in [0.2, 0.25) is 0 Å². The number of hydrogen-bond acceptors (Lipinski definition) is 2. The third-order valence-corrected chi connectivity index (χ3v) is 17.6. The fourth-order valence-corrected chi connectivity index (χ4v) is 13.4. The van der Waals surface area contributed by atoms with Gasteiger partial charge in [0.25, 0.3) is 0 Å². The fourth-order valence-electron chi connectivity index (χ4n) is 13.4. The summed E-state index contributed by atoms with van der Waals surface area (Å²) in [5.41, 5.74) is 21.2. The Morgan fingerprint density at radius 3 is 0.682 bits per heavy atom. The molecule has 0 unspecified atom stereocenters. The van der Waals surface area contributed by atoms with Crippen LogP contribution in [0.15, 0.2) is 325 Å². The van der Waals surface area contributed by atoms with Crippen LogP contribution in [-0.4, -0.2) is 27.4 Å². The predicted molar refractivity (Wildman–Crippen MR) is 362 cm³/mol. The summed E-state index contributed by atoms with van der Waals surface area (Å²) < 4.78 is 11.9. The first-order chi connectivity index (χ1) is 43.5. The zero-order valence-electron chi connectivity index (χ0n) is 47.5. The lowest BCUT2D eigenvalue weighted by Gasteiger charge is -2.11. The van der Waals surface area contributed by atoms with Crippen molar-refractivity contribution in [1.29, 1.82) is 0 Å². The molecule has 8 nitrogen and oxygen atoms in total. The molecule has 0 saturated heterocycles. The summed E-state index contributed by atoms with van der Waals surface area (Å²) in [7, 11) is 0. The molecule has 0 spiro atoms. The normalized spacial score (nSPS) is 11.7. The van der Waals surface area contributed by atoms with Gasteiger partial charge in [0.15, 0.2) is 0 Å². The lowest BCUT2D eigenvalue weighted by Crippen LogP contribution is -2.22. The molecule has 0 aliphatic heterocycles. The number of rotatable bonds is 10. The Hall–Kier alpha value is -12.0. The van der Waals surface area contributed by atoms with E-state index in [2.05, 4.69) is 228 Å². The van der Waals surface area contributed by atoms with Gasteiger partial charge in [-0.25, -0.2) is 9.59 Å². The van der Waals surface area contributed by atoms with Crippen LogP contribution in [0.1, 0.15) is 0 Å². The molecular weight excluding hydrogens is 1080 g/mol. The summed E-state index contributed by atoms with van der Waals surface area (Å²) in [6.07, 6.45) is 0. The molecule has 0 aliphatic rings. The monoisotopic (exact) mass is 1130 g/mol. The van der Waals surface area contributed by atoms with Crippen LogP contribution >= 0.6 is 0 Å². The van der Waals surface area contributed by atoms with E-state index in [4.69, 9.17) is 0 Å². The molecule has 0 fully saturated rings. The first-order valence-electron chi connectivity index (χ1n) is 29.6. The quantitative estimate of drug-likeness (QED) is 0.137. The van der Waals surface area contributed by atoms with Gasteiger partial charge in [0, 0.05) is 32.9 Å². The first kappa shape index (κ1) is 50.5. The average molecular weight is 1130 g/mol. The predicted octanol–water partition coefficient (Wildman–Crippen LogP) is 18.7. The van der Waals surface area contributed by atoms with E-state index < -0.39 is 0 Å². The Morgan fingerprint density at radius 1 is 0.159 bits per heavy atom. The van der Waals surface area contributed by atoms with Crippen molar-refractivity contribution in [3.63, 3.8) is 0 Å². The minimum Gasteiger partial charge on any atom is -0.309 e. The zero-order chi connectivity index (χ0) is 58.4. The van der Waals surface area contributed by atoms with Crippen LogP contribution in [0.25, 0.3) is 144 Å². The van der Waals surface area contributed by atoms with Gasteiger partial charge in [0.05, 0.1) is 66.9 Å². The van der Waals surface area contributed by atoms with Crippen molar-refractivity contribution < 1.29 is 0 Å². The van der Waals surface area contributed by atoms with Crippen molar-refractivity contribution >= 4 is 65.7 Å². The van der Waals surface area contributed by atoms with Gasteiger partial charge in [-0.05, 0) is 172 Å². The van der Waals surface area contributed by atoms with Gasteiger partial charge in [-0.3, -0.25) is 18.3 Å². The van der Waals surface area contributed by atoms with E-state index in [0.717, 1.165) is 101 Å². The minimum absolute atomic E-state index is 0.154. The van der Waals surface area contributed by atoms with Crippen molar-refractivity contribution in [1.82, 2.24) is 27.4 Å². The van der Waals surface area contributed by atoms with Crippen molar-refractivity contribution in [3.05, 3.63) is 336 Å². The zero-order valence-corrected chi connectivity index (χ0v) is 47.5. The van der Waals surface area contributed by atoms with Crippen molar-refractivity contribution in [2.75, 3.05) is 0 Å². The van der Waals surface area contributed by atoms with Crippen molar-refractivity contribution in [2.24, 2.45) is 0 Å². The topological polar surface area (TPSA) is 63.7 Å². The Balaban J connectivity index is 0.647. The number of imidazole rings is 2. The number of benzene rings is 13. The summed E-state index contributed by atoms with van der Waals surface area (Å²) in [6.45, 7) is 0. The highest BCUT2D eigenvalue weighted by atomic mass is 16.2. The fraction of sp³-hybridized carbons (Fsp3) is 0. The molecule has 13 aromatic carbocycles. The summed E-state index contributed by atoms with van der Waals surface area (Å²) in [5.74, 6) is 0. The summed E-state index contributed by atoms with van der Waals surface area (Å²) in [4.78, 5) is 29.7. The van der Waals surface area contributed by atoms with Crippen LogP contribution in [0.3, 0.4) is 0 Å². The summed E-state index contributed by atoms with van der Waals surface area (Å²) in [5, 5.41) is 4.94. The van der Waals surface area contributed by atoms with Crippen LogP contribution in [0, 0.1) is 0 Å². The first-order valence-corrected chi connectivity index (χ1v) is 29.6. The number of para-hydroxylation sites is 8. The molecule has 8 heteroatoms. The summed E-state index contributed by atoms with van der Waals surface area (Å²) in [6, 6.07) is 109. The van der Waals surface area contributed by atoms with Gasteiger partial charge >= 0.3 is 11.4 Å². The van der Waals surface area contributed by atoms with E-state index >= 15 is 0 Å². The molecule has 0 saturated carbocycles. The number of nitrogens with zero attached hydrogens (tertiary/aromatic N) is 6. The van der Waals surface area contributed by atoms with Gasteiger partial charge in [0.1, 0.15) is 0 Å². The molecule has 17 aromatic rings. The maximum absolute atomic E-state index is 14.9. The number of hydrogen-bond donors (Lipinski definition) is 0. The van der Waals surface area contributed by atoms with Crippen LogP contribution in [0.5, 0.6) is 0 Å². The third-order valence-electron chi connectivity index (χ3n) is 17.6. The molecule has 4 aromatic heterocycles. The maximum Gasteiger partial charge on any atom is 0.338 e. The van der Waals surface area contributed by atoms with E-state index in [1.165, 1.54) is 43.6 Å². The van der Waals surface area contributed by atoms with Gasteiger partial charge in [-0.1, -0.05) is 188 Å². The second-order valence-corrected chi connectivity index (χ2v) is 22.5. The molecule has 414 valence electrons. The Bertz CT molecular complexity index is 5260. The van der Waals surface area contributed by atoms with Gasteiger partial charge in [-0.2, -0.15) is 0 Å². The van der Waals surface area contributed by atoms with Crippen molar-refractivity contribution in [2.45, 2.75) is 0 Å². The molecule has 0 atom stereocenters. The summed E-state index contributed by atoms with van der Waals surface area (Å²) >= 11 is 0. The number of aromatic nitrogens is 6.